The largest absolute Gasteiger partial charge is 0.449 e. The number of esters is 1. The Morgan fingerprint density at radius 2 is 2.19 bits per heavy atom. The number of nitro groups is 1. The fraction of sp³-hybridized carbons (Fsp3) is 0.0714. The van der Waals surface area contributed by atoms with Crippen molar-refractivity contribution < 1.29 is 18.9 Å². The molecule has 1 heterocycles. The van der Waals surface area contributed by atoms with Crippen molar-refractivity contribution in [2.45, 2.75) is 0 Å². The van der Waals surface area contributed by atoms with Gasteiger partial charge in [0.15, 0.2) is 6.61 Å². The maximum atomic E-state index is 11.5. The molecule has 0 saturated carbocycles. The van der Waals surface area contributed by atoms with E-state index in [0.717, 1.165) is 0 Å². The van der Waals surface area contributed by atoms with Crippen molar-refractivity contribution in [3.8, 4) is 23.7 Å². The molecule has 0 aliphatic heterocycles. The number of nitrogens with zero attached hydrogens (tertiary/aromatic N) is 1. The summed E-state index contributed by atoms with van der Waals surface area (Å²) in [5.41, 5.74) is 0.170. The second kappa shape index (κ2) is 6.11. The number of ether oxygens (including phenoxy) is 1. The molecule has 21 heavy (non-hydrogen) atoms. The van der Waals surface area contributed by atoms with Crippen LogP contribution in [0.2, 0.25) is 5.02 Å². The van der Waals surface area contributed by atoms with E-state index in [2.05, 4.69) is 5.92 Å². The monoisotopic (exact) mass is 305 g/mol. The normalized spacial score (nSPS) is 9.90. The molecule has 0 atom stereocenters. The minimum Gasteiger partial charge on any atom is -0.449 e. The molecule has 0 unspecified atom stereocenters. The molecule has 1 aromatic carbocycles. The molecule has 6 nitrogen and oxygen atoms in total. The van der Waals surface area contributed by atoms with Crippen molar-refractivity contribution in [3.63, 3.8) is 0 Å². The minimum atomic E-state index is -0.706. The third-order valence-corrected chi connectivity index (χ3v) is 2.84. The molecule has 0 aliphatic carbocycles. The van der Waals surface area contributed by atoms with E-state index in [0.29, 0.717) is 5.56 Å². The molecule has 7 heteroatoms. The maximum Gasteiger partial charge on any atom is 0.375 e. The Bertz CT molecular complexity index is 744. The van der Waals surface area contributed by atoms with Crippen molar-refractivity contribution in [1.29, 1.82) is 0 Å². The molecule has 0 aliphatic rings. The highest BCUT2D eigenvalue weighted by molar-refractivity contribution is 6.32. The van der Waals surface area contributed by atoms with Crippen molar-refractivity contribution in [1.82, 2.24) is 0 Å². The average molecular weight is 306 g/mol. The van der Waals surface area contributed by atoms with Crippen LogP contribution in [-0.4, -0.2) is 17.5 Å². The molecule has 106 valence electrons. The number of carbonyl (C=O) groups excluding carboxylic acids is 1. The zero-order chi connectivity index (χ0) is 15.4. The highest BCUT2D eigenvalue weighted by atomic mass is 35.5. The fourth-order valence-electron chi connectivity index (χ4n) is 1.59. The SMILES string of the molecule is C#CCOC(=O)c1ccc(-c2ccc(Cl)c([N+](=O)[O-])c2)o1. The van der Waals surface area contributed by atoms with Crippen LogP contribution in [0.25, 0.3) is 11.3 Å². The predicted molar refractivity (Wildman–Crippen MR) is 74.9 cm³/mol. The summed E-state index contributed by atoms with van der Waals surface area (Å²) in [4.78, 5) is 21.8. The summed E-state index contributed by atoms with van der Waals surface area (Å²) < 4.78 is 10.0. The van der Waals surface area contributed by atoms with Crippen molar-refractivity contribution in [2.75, 3.05) is 6.61 Å². The van der Waals surface area contributed by atoms with Crippen LogP contribution in [0.3, 0.4) is 0 Å². The first-order valence-corrected chi connectivity index (χ1v) is 6.05. The summed E-state index contributed by atoms with van der Waals surface area (Å²) in [6.07, 6.45) is 4.98. The van der Waals surface area contributed by atoms with Crippen molar-refractivity contribution in [3.05, 3.63) is 51.2 Å². The van der Waals surface area contributed by atoms with E-state index >= 15 is 0 Å². The summed E-state index contributed by atoms with van der Waals surface area (Å²) in [7, 11) is 0. The molecule has 1 aromatic heterocycles. The van der Waals surface area contributed by atoms with E-state index < -0.39 is 10.9 Å². The molecule has 0 radical (unpaired) electrons. The summed E-state index contributed by atoms with van der Waals surface area (Å²) in [6.45, 7) is -0.165. The van der Waals surface area contributed by atoms with Crippen LogP contribution < -0.4 is 0 Å². The molecule has 0 spiro atoms. The fourth-order valence-corrected chi connectivity index (χ4v) is 1.77. The Hall–Kier alpha value is -2.78. The van der Waals surface area contributed by atoms with Gasteiger partial charge < -0.3 is 9.15 Å². The van der Waals surface area contributed by atoms with Gasteiger partial charge in [-0.25, -0.2) is 4.79 Å². The molecule has 0 fully saturated rings. The molecule has 0 amide bonds. The van der Waals surface area contributed by atoms with E-state index in [4.69, 9.17) is 27.2 Å². The zero-order valence-corrected chi connectivity index (χ0v) is 11.3. The van der Waals surface area contributed by atoms with Crippen LogP contribution in [0.5, 0.6) is 0 Å². The third kappa shape index (κ3) is 3.22. The summed E-state index contributed by atoms with van der Waals surface area (Å²) in [5.74, 6) is 1.69. The Balaban J connectivity index is 2.30. The van der Waals surface area contributed by atoms with Gasteiger partial charge in [0.05, 0.1) is 4.92 Å². The minimum absolute atomic E-state index is 0.0176. The first-order valence-electron chi connectivity index (χ1n) is 5.67. The van der Waals surface area contributed by atoms with Gasteiger partial charge in [0.1, 0.15) is 10.8 Å². The number of terminal acetylenes is 1. The number of carbonyl (C=O) groups is 1. The number of hydrogen-bond acceptors (Lipinski definition) is 5. The maximum absolute atomic E-state index is 11.5. The van der Waals surface area contributed by atoms with Crippen molar-refractivity contribution in [2.24, 2.45) is 0 Å². The van der Waals surface area contributed by atoms with Gasteiger partial charge >= 0.3 is 5.97 Å². The number of furan rings is 1. The van der Waals surface area contributed by atoms with Crippen LogP contribution in [-0.2, 0) is 4.74 Å². The molecule has 0 bridgehead atoms. The van der Waals surface area contributed by atoms with E-state index in [1.165, 1.54) is 24.3 Å². The van der Waals surface area contributed by atoms with Gasteiger partial charge in [-0.3, -0.25) is 10.1 Å². The third-order valence-electron chi connectivity index (χ3n) is 2.52. The Morgan fingerprint density at radius 1 is 1.43 bits per heavy atom. The van der Waals surface area contributed by atoms with Gasteiger partial charge in [-0.2, -0.15) is 0 Å². The van der Waals surface area contributed by atoms with Crippen LogP contribution in [0, 0.1) is 22.5 Å². The zero-order valence-electron chi connectivity index (χ0n) is 10.5. The topological polar surface area (TPSA) is 82.6 Å². The lowest BCUT2D eigenvalue weighted by Crippen LogP contribution is -2.03. The van der Waals surface area contributed by atoms with E-state index in [9.17, 15) is 14.9 Å². The number of benzene rings is 1. The second-order valence-corrected chi connectivity index (χ2v) is 4.27. The number of nitro benzene ring substituents is 1. The van der Waals surface area contributed by atoms with Crippen molar-refractivity contribution >= 4 is 23.3 Å². The second-order valence-electron chi connectivity index (χ2n) is 3.87. The van der Waals surface area contributed by atoms with Gasteiger partial charge in [-0.05, 0) is 24.3 Å². The molecular weight excluding hydrogens is 298 g/mol. The molecule has 0 N–H and O–H groups in total. The molecular formula is C14H8ClNO5. The lowest BCUT2D eigenvalue weighted by Gasteiger charge is -2.00. The van der Waals surface area contributed by atoms with Crippen LogP contribution in [0.1, 0.15) is 10.6 Å². The first-order chi connectivity index (χ1) is 10.0. The van der Waals surface area contributed by atoms with Crippen LogP contribution >= 0.6 is 11.6 Å². The van der Waals surface area contributed by atoms with Gasteiger partial charge in [0.25, 0.3) is 5.69 Å². The number of rotatable bonds is 4. The summed E-state index contributed by atoms with van der Waals surface area (Å²) in [6, 6.07) is 7.09. The van der Waals surface area contributed by atoms with Gasteiger partial charge in [0, 0.05) is 11.6 Å². The Kier molecular flexibility index (Phi) is 4.26. The smallest absolute Gasteiger partial charge is 0.375 e. The van der Waals surface area contributed by atoms with Gasteiger partial charge in [-0.15, -0.1) is 6.42 Å². The van der Waals surface area contributed by atoms with E-state index in [1.807, 2.05) is 0 Å². The average Bonchev–Trinajstić information content (AvgIpc) is 2.94. The summed E-state index contributed by atoms with van der Waals surface area (Å²) in [5, 5.41) is 10.9. The lowest BCUT2D eigenvalue weighted by molar-refractivity contribution is -0.384. The van der Waals surface area contributed by atoms with Crippen LogP contribution in [0.15, 0.2) is 34.7 Å². The first kappa shape index (κ1) is 14.6. The molecule has 2 rings (SSSR count). The Morgan fingerprint density at radius 3 is 2.86 bits per heavy atom. The highest BCUT2D eigenvalue weighted by Gasteiger charge is 2.17. The summed E-state index contributed by atoms with van der Waals surface area (Å²) >= 11 is 5.73. The van der Waals surface area contributed by atoms with E-state index in [1.54, 1.807) is 6.07 Å². The Labute approximate surface area is 124 Å². The molecule has 2 aromatic rings. The van der Waals surface area contributed by atoms with Gasteiger partial charge in [-0.1, -0.05) is 17.5 Å². The predicted octanol–water partition coefficient (Wildman–Crippen LogP) is 3.30. The number of halogens is 1. The van der Waals surface area contributed by atoms with Gasteiger partial charge in [0.2, 0.25) is 5.76 Å². The number of hydrogen-bond donors (Lipinski definition) is 0. The van der Waals surface area contributed by atoms with Crippen LogP contribution in [0.4, 0.5) is 5.69 Å². The lowest BCUT2D eigenvalue weighted by atomic mass is 10.1. The quantitative estimate of drug-likeness (QED) is 0.374. The molecule has 0 saturated heterocycles. The van der Waals surface area contributed by atoms with E-state index in [-0.39, 0.29) is 28.8 Å². The standard InChI is InChI=1S/C14H8ClNO5/c1-2-7-20-14(17)13-6-5-12(21-13)9-3-4-10(15)11(8-9)16(18)19/h1,3-6,8H,7H2. The highest BCUT2D eigenvalue weighted by Crippen LogP contribution is 2.31.